The van der Waals surface area contributed by atoms with Gasteiger partial charge in [0.1, 0.15) is 11.6 Å². The van der Waals surface area contributed by atoms with E-state index in [0.29, 0.717) is 30.0 Å². The van der Waals surface area contributed by atoms with E-state index in [1.165, 1.54) is 0 Å². The van der Waals surface area contributed by atoms with Crippen LogP contribution in [0.15, 0.2) is 48.2 Å². The van der Waals surface area contributed by atoms with Gasteiger partial charge in [-0.15, -0.1) is 0 Å². The number of H-pyrrole nitrogens is 1. The molecule has 0 aliphatic carbocycles. The Morgan fingerprint density at radius 1 is 1.28 bits per heavy atom. The molecule has 2 aromatic carbocycles. The van der Waals surface area contributed by atoms with E-state index in [9.17, 15) is 10.1 Å². The van der Waals surface area contributed by atoms with Crippen LogP contribution in [0, 0.1) is 14.9 Å². The smallest absolute Gasteiger partial charge is 0.261 e. The molecule has 2 N–H and O–H groups in total. The zero-order chi connectivity index (χ0) is 20.8. The number of hydrogen-bond acceptors (Lipinski definition) is 4. The Kier molecular flexibility index (Phi) is 6.77. The zero-order valence-electron chi connectivity index (χ0n) is 16.1. The number of amides is 1. The zero-order valence-corrected chi connectivity index (χ0v) is 18.2. The SMILES string of the molecule is COc1cc(/C=C(/C#N)C(=O)NCCc2c[nH]c3ccccc23)cc(I)c1OC. The largest absolute Gasteiger partial charge is 0.493 e. The lowest BCUT2D eigenvalue weighted by atomic mass is 10.1. The van der Waals surface area contributed by atoms with Crippen molar-refractivity contribution in [1.29, 1.82) is 5.26 Å². The van der Waals surface area contributed by atoms with Crippen LogP contribution in [-0.2, 0) is 11.2 Å². The van der Waals surface area contributed by atoms with Gasteiger partial charge in [0.2, 0.25) is 0 Å². The van der Waals surface area contributed by atoms with Crippen LogP contribution in [0.25, 0.3) is 17.0 Å². The van der Waals surface area contributed by atoms with E-state index in [1.807, 2.05) is 42.6 Å². The summed E-state index contributed by atoms with van der Waals surface area (Å²) in [6.07, 6.45) is 4.16. The van der Waals surface area contributed by atoms with Gasteiger partial charge in [0.25, 0.3) is 5.91 Å². The monoisotopic (exact) mass is 501 g/mol. The molecular weight excluding hydrogens is 481 g/mol. The predicted molar refractivity (Wildman–Crippen MR) is 121 cm³/mol. The number of para-hydroxylation sites is 1. The number of nitriles is 1. The Labute approximate surface area is 182 Å². The molecule has 1 aromatic heterocycles. The second-order valence-electron chi connectivity index (χ2n) is 6.27. The van der Waals surface area contributed by atoms with Crippen LogP contribution in [-0.4, -0.2) is 31.7 Å². The molecule has 0 saturated carbocycles. The minimum Gasteiger partial charge on any atom is -0.493 e. The first kappa shape index (κ1) is 20.7. The summed E-state index contributed by atoms with van der Waals surface area (Å²) in [6, 6.07) is 13.6. The number of ether oxygens (including phenoxy) is 2. The van der Waals surface area contributed by atoms with Crippen LogP contribution >= 0.6 is 22.6 Å². The van der Waals surface area contributed by atoms with Gasteiger partial charge in [-0.25, -0.2) is 0 Å². The van der Waals surface area contributed by atoms with Crippen LogP contribution in [0.5, 0.6) is 11.5 Å². The summed E-state index contributed by atoms with van der Waals surface area (Å²) in [6.45, 7) is 0.434. The van der Waals surface area contributed by atoms with Crippen LogP contribution in [0.2, 0.25) is 0 Å². The number of hydrogen-bond donors (Lipinski definition) is 2. The molecule has 0 aliphatic heterocycles. The molecule has 0 fully saturated rings. The quantitative estimate of drug-likeness (QED) is 0.291. The third-order valence-electron chi connectivity index (χ3n) is 4.49. The van der Waals surface area contributed by atoms with Crippen molar-refractivity contribution in [1.82, 2.24) is 10.3 Å². The van der Waals surface area contributed by atoms with Crippen molar-refractivity contribution in [3.63, 3.8) is 0 Å². The van der Waals surface area contributed by atoms with Gasteiger partial charge in [0.15, 0.2) is 11.5 Å². The molecule has 3 rings (SSSR count). The molecule has 29 heavy (non-hydrogen) atoms. The number of rotatable bonds is 7. The summed E-state index contributed by atoms with van der Waals surface area (Å²) >= 11 is 2.13. The summed E-state index contributed by atoms with van der Waals surface area (Å²) in [4.78, 5) is 15.7. The maximum atomic E-state index is 12.5. The van der Waals surface area contributed by atoms with Crippen LogP contribution in [0.4, 0.5) is 0 Å². The Bertz CT molecular complexity index is 1110. The molecule has 1 amide bonds. The van der Waals surface area contributed by atoms with E-state index in [-0.39, 0.29) is 5.57 Å². The molecule has 3 aromatic rings. The normalized spacial score (nSPS) is 11.2. The standard InChI is InChI=1S/C22H20IN3O3/c1-28-20-11-14(10-18(23)21(20)29-2)9-16(12-24)22(27)25-8-7-15-13-26-19-6-4-3-5-17(15)19/h3-6,9-11,13,26H,7-8H2,1-2H3,(H,25,27)/b16-9-. The van der Waals surface area contributed by atoms with Gasteiger partial charge in [0.05, 0.1) is 17.8 Å². The summed E-state index contributed by atoms with van der Waals surface area (Å²) in [5.41, 5.74) is 2.91. The van der Waals surface area contributed by atoms with Crippen LogP contribution in [0.1, 0.15) is 11.1 Å². The Morgan fingerprint density at radius 3 is 2.79 bits per heavy atom. The lowest BCUT2D eigenvalue weighted by Crippen LogP contribution is -2.26. The summed E-state index contributed by atoms with van der Waals surface area (Å²) in [5.74, 6) is 0.756. The lowest BCUT2D eigenvalue weighted by Gasteiger charge is -2.11. The first-order valence-electron chi connectivity index (χ1n) is 8.94. The highest BCUT2D eigenvalue weighted by atomic mass is 127. The minimum absolute atomic E-state index is 0.0342. The van der Waals surface area contributed by atoms with E-state index >= 15 is 0 Å². The predicted octanol–water partition coefficient (Wildman–Crippen LogP) is 4.06. The molecule has 7 heteroatoms. The van der Waals surface area contributed by atoms with Crippen LogP contribution < -0.4 is 14.8 Å². The van der Waals surface area contributed by atoms with Gasteiger partial charge < -0.3 is 19.8 Å². The first-order chi connectivity index (χ1) is 14.1. The summed E-state index contributed by atoms with van der Waals surface area (Å²) in [5, 5.41) is 13.4. The third-order valence-corrected chi connectivity index (χ3v) is 5.29. The maximum Gasteiger partial charge on any atom is 0.261 e. The van der Waals surface area contributed by atoms with E-state index in [0.717, 1.165) is 20.0 Å². The second-order valence-corrected chi connectivity index (χ2v) is 7.44. The first-order valence-corrected chi connectivity index (χ1v) is 10.0. The van der Waals surface area contributed by atoms with Crippen molar-refractivity contribution in [2.45, 2.75) is 6.42 Å². The van der Waals surface area contributed by atoms with E-state index in [4.69, 9.17) is 9.47 Å². The second kappa shape index (κ2) is 9.47. The Hall–Kier alpha value is -2.99. The molecule has 0 bridgehead atoms. The van der Waals surface area contributed by atoms with Crippen molar-refractivity contribution in [2.24, 2.45) is 0 Å². The fourth-order valence-electron chi connectivity index (χ4n) is 3.08. The van der Waals surface area contributed by atoms with Crippen molar-refractivity contribution in [2.75, 3.05) is 20.8 Å². The van der Waals surface area contributed by atoms with Crippen LogP contribution in [0.3, 0.4) is 0 Å². The van der Waals surface area contributed by atoms with E-state index in [2.05, 4.69) is 32.9 Å². The van der Waals surface area contributed by atoms with Gasteiger partial charge in [-0.3, -0.25) is 4.79 Å². The molecule has 1 heterocycles. The van der Waals surface area contributed by atoms with Gasteiger partial charge in [-0.05, 0) is 64.4 Å². The molecule has 6 nitrogen and oxygen atoms in total. The number of halogens is 1. The number of carbonyl (C=O) groups is 1. The molecular formula is C22H20IN3O3. The average Bonchev–Trinajstić information content (AvgIpc) is 3.14. The molecule has 0 saturated heterocycles. The van der Waals surface area contributed by atoms with Gasteiger partial charge >= 0.3 is 0 Å². The Morgan fingerprint density at radius 2 is 2.07 bits per heavy atom. The molecule has 0 unspecified atom stereocenters. The van der Waals surface area contributed by atoms with E-state index < -0.39 is 5.91 Å². The molecule has 0 spiro atoms. The number of carbonyl (C=O) groups excluding carboxylic acids is 1. The van der Waals surface area contributed by atoms with Gasteiger partial charge in [-0.1, -0.05) is 18.2 Å². The minimum atomic E-state index is -0.405. The van der Waals surface area contributed by atoms with E-state index in [1.54, 1.807) is 26.4 Å². The maximum absolute atomic E-state index is 12.5. The van der Waals surface area contributed by atoms with Gasteiger partial charge in [0, 0.05) is 23.6 Å². The molecule has 0 atom stereocenters. The molecule has 0 radical (unpaired) electrons. The number of aromatic nitrogens is 1. The van der Waals surface area contributed by atoms with Gasteiger partial charge in [-0.2, -0.15) is 5.26 Å². The summed E-state index contributed by atoms with van der Waals surface area (Å²) in [7, 11) is 3.11. The van der Waals surface area contributed by atoms with Crippen molar-refractivity contribution in [3.05, 3.63) is 62.9 Å². The topological polar surface area (TPSA) is 87.1 Å². The average molecular weight is 501 g/mol. The van der Waals surface area contributed by atoms with Crippen molar-refractivity contribution >= 4 is 45.5 Å². The molecule has 0 aliphatic rings. The molecule has 148 valence electrons. The number of nitrogens with one attached hydrogen (secondary N) is 2. The Balaban J connectivity index is 1.70. The fraction of sp³-hybridized carbons (Fsp3) is 0.182. The number of fused-ring (bicyclic) bond motifs is 1. The number of nitrogens with zero attached hydrogens (tertiary/aromatic N) is 1. The van der Waals surface area contributed by atoms with Crippen molar-refractivity contribution < 1.29 is 14.3 Å². The van der Waals surface area contributed by atoms with Crippen molar-refractivity contribution in [3.8, 4) is 17.6 Å². The number of methoxy groups -OCH3 is 2. The number of aromatic amines is 1. The highest BCUT2D eigenvalue weighted by Gasteiger charge is 2.13. The summed E-state index contributed by atoms with van der Waals surface area (Å²) < 4.78 is 11.5. The highest BCUT2D eigenvalue weighted by Crippen LogP contribution is 2.34. The number of benzene rings is 2. The highest BCUT2D eigenvalue weighted by molar-refractivity contribution is 14.1. The fourth-order valence-corrected chi connectivity index (χ4v) is 3.93. The lowest BCUT2D eigenvalue weighted by molar-refractivity contribution is -0.117. The third kappa shape index (κ3) is 4.71.